The van der Waals surface area contributed by atoms with Crippen LogP contribution in [-0.4, -0.2) is 11.5 Å². The van der Waals surface area contributed by atoms with Gasteiger partial charge in [-0.15, -0.1) is 0 Å². The van der Waals surface area contributed by atoms with Crippen molar-refractivity contribution in [3.63, 3.8) is 0 Å². The van der Waals surface area contributed by atoms with Crippen LogP contribution in [0, 0.1) is 0 Å². The molecule has 0 spiro atoms. The Morgan fingerprint density at radius 2 is 1.94 bits per heavy atom. The van der Waals surface area contributed by atoms with Crippen LogP contribution < -0.4 is 5.73 Å². The fraction of sp³-hybridized carbons (Fsp3) is 0.533. The lowest BCUT2D eigenvalue weighted by Gasteiger charge is -2.25. The third-order valence-electron chi connectivity index (χ3n) is 4.06. The summed E-state index contributed by atoms with van der Waals surface area (Å²) < 4.78 is 5.91. The van der Waals surface area contributed by atoms with Crippen LogP contribution in [0.2, 0.25) is 0 Å². The first-order valence-corrected chi connectivity index (χ1v) is 6.79. The van der Waals surface area contributed by atoms with Crippen LogP contribution in [0.3, 0.4) is 0 Å². The van der Waals surface area contributed by atoms with E-state index < -0.39 is 0 Å². The van der Waals surface area contributed by atoms with E-state index in [-0.39, 0.29) is 5.41 Å². The first kappa shape index (κ1) is 13.1. The number of rotatable bonds is 5. The molecule has 0 saturated heterocycles. The van der Waals surface area contributed by atoms with Gasteiger partial charge in [0, 0.05) is 6.54 Å². The number of benzene rings is 1. The third-order valence-corrected chi connectivity index (χ3v) is 4.06. The first-order chi connectivity index (χ1) is 8.69. The number of fused-ring (bicyclic) bond motifs is 1. The van der Waals surface area contributed by atoms with Crippen LogP contribution in [0.5, 0.6) is 0 Å². The molecule has 2 N–H and O–H groups in total. The Hall–Kier alpha value is -1.35. The molecule has 0 aliphatic rings. The smallest absolute Gasteiger partial charge is 0.202 e. The van der Waals surface area contributed by atoms with Crippen molar-refractivity contribution < 1.29 is 4.42 Å². The molecule has 2 aromatic rings. The van der Waals surface area contributed by atoms with Gasteiger partial charge in [-0.3, -0.25) is 0 Å². The molecule has 3 nitrogen and oxygen atoms in total. The Balaban J connectivity index is 2.52. The minimum absolute atomic E-state index is 0.120. The fourth-order valence-electron chi connectivity index (χ4n) is 2.35. The summed E-state index contributed by atoms with van der Waals surface area (Å²) in [6, 6.07) is 6.21. The van der Waals surface area contributed by atoms with Crippen molar-refractivity contribution in [1.29, 1.82) is 0 Å². The van der Waals surface area contributed by atoms with E-state index in [4.69, 9.17) is 10.2 Å². The van der Waals surface area contributed by atoms with Crippen molar-refractivity contribution in [1.82, 2.24) is 4.98 Å². The lowest BCUT2D eigenvalue weighted by Crippen LogP contribution is -2.34. The molecule has 3 heteroatoms. The van der Waals surface area contributed by atoms with E-state index in [2.05, 4.69) is 37.9 Å². The molecule has 0 saturated carbocycles. The average Bonchev–Trinajstić information content (AvgIpc) is 2.84. The van der Waals surface area contributed by atoms with E-state index in [1.807, 2.05) is 6.07 Å². The van der Waals surface area contributed by atoms with Gasteiger partial charge >= 0.3 is 0 Å². The molecule has 18 heavy (non-hydrogen) atoms. The molecule has 0 aliphatic heterocycles. The van der Waals surface area contributed by atoms with Crippen LogP contribution in [0.4, 0.5) is 0 Å². The van der Waals surface area contributed by atoms with Crippen molar-refractivity contribution in [3.8, 4) is 0 Å². The van der Waals surface area contributed by atoms with Gasteiger partial charge in [0.1, 0.15) is 5.52 Å². The molecule has 0 radical (unpaired) electrons. The van der Waals surface area contributed by atoms with Gasteiger partial charge in [-0.1, -0.05) is 26.8 Å². The number of aryl methyl sites for hydroxylation is 1. The van der Waals surface area contributed by atoms with Crippen LogP contribution >= 0.6 is 0 Å². The van der Waals surface area contributed by atoms with Crippen molar-refractivity contribution in [3.05, 3.63) is 29.7 Å². The molecule has 0 atom stereocenters. The third kappa shape index (κ3) is 2.03. The lowest BCUT2D eigenvalue weighted by molar-refractivity contribution is 0.316. The van der Waals surface area contributed by atoms with Gasteiger partial charge in [0.05, 0.1) is 5.41 Å². The summed E-state index contributed by atoms with van der Waals surface area (Å²) in [5.74, 6) is 0.790. The summed E-state index contributed by atoms with van der Waals surface area (Å²) in [5, 5.41) is 0. The van der Waals surface area contributed by atoms with Gasteiger partial charge < -0.3 is 10.2 Å². The number of hydrogen-bond donors (Lipinski definition) is 1. The van der Waals surface area contributed by atoms with Gasteiger partial charge in [0.2, 0.25) is 5.89 Å². The predicted octanol–water partition coefficient (Wildman–Crippen LogP) is 3.41. The normalized spacial score (nSPS) is 12.2. The predicted molar refractivity (Wildman–Crippen MR) is 74.7 cm³/mol. The van der Waals surface area contributed by atoms with Crippen LogP contribution in [-0.2, 0) is 11.8 Å². The highest BCUT2D eigenvalue weighted by molar-refractivity contribution is 5.73. The Morgan fingerprint density at radius 3 is 2.50 bits per heavy atom. The van der Waals surface area contributed by atoms with Crippen LogP contribution in [0.15, 0.2) is 22.6 Å². The maximum Gasteiger partial charge on any atom is 0.202 e. The monoisotopic (exact) mass is 246 g/mol. The number of oxazole rings is 1. The Morgan fingerprint density at radius 1 is 1.22 bits per heavy atom. The van der Waals surface area contributed by atoms with Gasteiger partial charge in [-0.2, -0.15) is 0 Å². The van der Waals surface area contributed by atoms with Gasteiger partial charge in [0.25, 0.3) is 0 Å². The molecule has 1 heterocycles. The number of nitrogens with two attached hydrogens (primary N) is 1. The highest BCUT2D eigenvalue weighted by atomic mass is 16.3. The van der Waals surface area contributed by atoms with Crippen molar-refractivity contribution in [2.24, 2.45) is 5.73 Å². The molecule has 2 rings (SSSR count). The largest absolute Gasteiger partial charge is 0.440 e. The van der Waals surface area contributed by atoms with E-state index in [0.29, 0.717) is 6.54 Å². The van der Waals surface area contributed by atoms with E-state index in [1.54, 1.807) is 0 Å². The van der Waals surface area contributed by atoms with Crippen molar-refractivity contribution >= 4 is 11.1 Å². The summed E-state index contributed by atoms with van der Waals surface area (Å²) in [6.07, 6.45) is 2.92. The summed E-state index contributed by atoms with van der Waals surface area (Å²) in [5.41, 5.74) is 8.92. The molecule has 0 unspecified atom stereocenters. The second-order valence-corrected chi connectivity index (χ2v) is 4.87. The second kappa shape index (κ2) is 5.11. The quantitative estimate of drug-likeness (QED) is 0.879. The Labute approximate surface area is 108 Å². The molecular weight excluding hydrogens is 224 g/mol. The van der Waals surface area contributed by atoms with Crippen LogP contribution in [0.25, 0.3) is 11.1 Å². The minimum Gasteiger partial charge on any atom is -0.440 e. The fourth-order valence-corrected chi connectivity index (χ4v) is 2.35. The summed E-state index contributed by atoms with van der Waals surface area (Å²) >= 11 is 0. The molecule has 1 aromatic heterocycles. The summed E-state index contributed by atoms with van der Waals surface area (Å²) in [6.45, 7) is 7.00. The SMILES string of the molecule is CCc1ccc2oc(C(CC)(CC)CN)nc2c1. The molecular formula is C15H22N2O. The molecule has 1 aromatic carbocycles. The molecule has 0 fully saturated rings. The summed E-state index contributed by atoms with van der Waals surface area (Å²) in [7, 11) is 0. The van der Waals surface area contributed by atoms with Crippen LogP contribution in [0.1, 0.15) is 45.1 Å². The molecule has 98 valence electrons. The lowest BCUT2D eigenvalue weighted by atomic mass is 9.82. The second-order valence-electron chi connectivity index (χ2n) is 4.87. The summed E-state index contributed by atoms with van der Waals surface area (Å²) in [4.78, 5) is 4.66. The van der Waals surface area contributed by atoms with E-state index in [0.717, 1.165) is 36.3 Å². The maximum atomic E-state index is 5.94. The standard InChI is InChI=1S/C15H22N2O/c1-4-11-7-8-13-12(9-11)17-14(18-13)15(5-2,6-3)10-16/h7-9H,4-6,10,16H2,1-3H3. The zero-order chi connectivity index (χ0) is 13.2. The molecule has 0 bridgehead atoms. The average molecular weight is 246 g/mol. The van der Waals surface area contributed by atoms with E-state index in [1.165, 1.54) is 5.56 Å². The first-order valence-electron chi connectivity index (χ1n) is 6.79. The van der Waals surface area contributed by atoms with E-state index >= 15 is 0 Å². The zero-order valence-corrected chi connectivity index (χ0v) is 11.5. The highest BCUT2D eigenvalue weighted by Crippen LogP contribution is 2.32. The minimum atomic E-state index is -0.120. The highest BCUT2D eigenvalue weighted by Gasteiger charge is 2.32. The van der Waals surface area contributed by atoms with Gasteiger partial charge in [-0.25, -0.2) is 4.98 Å². The Kier molecular flexibility index (Phi) is 3.71. The number of nitrogens with zero attached hydrogens (tertiary/aromatic N) is 1. The van der Waals surface area contributed by atoms with Gasteiger partial charge in [-0.05, 0) is 37.0 Å². The number of hydrogen-bond acceptors (Lipinski definition) is 3. The van der Waals surface area contributed by atoms with Crippen molar-refractivity contribution in [2.45, 2.75) is 45.4 Å². The van der Waals surface area contributed by atoms with Gasteiger partial charge in [0.15, 0.2) is 5.58 Å². The molecule has 0 amide bonds. The molecule has 0 aliphatic carbocycles. The van der Waals surface area contributed by atoms with E-state index in [9.17, 15) is 0 Å². The van der Waals surface area contributed by atoms with Crippen molar-refractivity contribution in [2.75, 3.05) is 6.54 Å². The topological polar surface area (TPSA) is 52.0 Å². The Bertz CT molecular complexity index is 518. The zero-order valence-electron chi connectivity index (χ0n) is 11.5. The maximum absolute atomic E-state index is 5.94. The number of aromatic nitrogens is 1.